The van der Waals surface area contributed by atoms with E-state index in [0.717, 1.165) is 32.1 Å². The van der Waals surface area contributed by atoms with Crippen molar-refractivity contribution in [1.82, 2.24) is 0 Å². The minimum atomic E-state index is -0.514. The van der Waals surface area contributed by atoms with E-state index in [1.807, 2.05) is 0 Å². The lowest BCUT2D eigenvalue weighted by atomic mass is 9.48. The van der Waals surface area contributed by atoms with E-state index in [1.165, 1.54) is 19.3 Å². The first-order chi connectivity index (χ1) is 10.3. The van der Waals surface area contributed by atoms with Gasteiger partial charge in [-0.3, -0.25) is 4.79 Å². The van der Waals surface area contributed by atoms with Gasteiger partial charge >= 0.3 is 0 Å². The molecule has 6 atom stereocenters. The van der Waals surface area contributed by atoms with Gasteiger partial charge in [0.1, 0.15) is 5.78 Å². The van der Waals surface area contributed by atoms with Crippen molar-refractivity contribution in [3.05, 3.63) is 11.6 Å². The van der Waals surface area contributed by atoms with Gasteiger partial charge < -0.3 is 5.11 Å². The number of ketones is 1. The third-order valence-electron chi connectivity index (χ3n) is 8.41. The highest BCUT2D eigenvalue weighted by Gasteiger charge is 2.60. The normalized spacial score (nSPS) is 54.3. The average molecular weight is 302 g/mol. The Labute approximate surface area is 134 Å². The minimum Gasteiger partial charge on any atom is -0.390 e. The van der Waals surface area contributed by atoms with Crippen LogP contribution in [0.5, 0.6) is 0 Å². The van der Waals surface area contributed by atoms with Gasteiger partial charge in [0.05, 0.1) is 5.60 Å². The zero-order valence-corrected chi connectivity index (χ0v) is 14.3. The van der Waals surface area contributed by atoms with E-state index in [2.05, 4.69) is 26.8 Å². The molecule has 2 nitrogen and oxygen atoms in total. The topological polar surface area (TPSA) is 37.3 Å². The van der Waals surface area contributed by atoms with Crippen molar-refractivity contribution >= 4 is 5.78 Å². The number of hydrogen-bond acceptors (Lipinski definition) is 2. The Hall–Kier alpha value is -0.630. The van der Waals surface area contributed by atoms with Gasteiger partial charge in [-0.1, -0.05) is 25.5 Å². The molecule has 3 saturated carbocycles. The molecule has 0 saturated heterocycles. The predicted octanol–water partition coefficient (Wildman–Crippen LogP) is 4.27. The molecule has 0 heterocycles. The molecular weight excluding hydrogens is 272 g/mol. The van der Waals surface area contributed by atoms with Gasteiger partial charge in [-0.2, -0.15) is 0 Å². The maximum absolute atomic E-state index is 11.9. The van der Waals surface area contributed by atoms with Gasteiger partial charge in [0.15, 0.2) is 0 Å². The van der Waals surface area contributed by atoms with Crippen molar-refractivity contribution in [3.63, 3.8) is 0 Å². The summed E-state index contributed by atoms with van der Waals surface area (Å²) in [5.41, 5.74) is 1.46. The Balaban J connectivity index is 1.72. The molecule has 22 heavy (non-hydrogen) atoms. The Morgan fingerprint density at radius 1 is 1.14 bits per heavy atom. The zero-order valence-electron chi connectivity index (χ0n) is 14.3. The van der Waals surface area contributed by atoms with E-state index in [4.69, 9.17) is 0 Å². The largest absolute Gasteiger partial charge is 0.390 e. The zero-order chi connectivity index (χ0) is 15.8. The van der Waals surface area contributed by atoms with Crippen molar-refractivity contribution in [3.8, 4) is 0 Å². The van der Waals surface area contributed by atoms with E-state index < -0.39 is 5.60 Å². The molecule has 4 aliphatic carbocycles. The lowest BCUT2D eigenvalue weighted by Gasteiger charge is -2.56. The summed E-state index contributed by atoms with van der Waals surface area (Å²) in [6, 6.07) is 0. The van der Waals surface area contributed by atoms with Crippen molar-refractivity contribution in [2.75, 3.05) is 0 Å². The van der Waals surface area contributed by atoms with Crippen LogP contribution in [0.1, 0.15) is 72.1 Å². The fraction of sp³-hybridized carbons (Fsp3) is 0.850. The molecule has 0 bridgehead atoms. The first-order valence-electron chi connectivity index (χ1n) is 9.22. The average Bonchev–Trinajstić information content (AvgIpc) is 2.70. The van der Waals surface area contributed by atoms with Gasteiger partial charge in [-0.15, -0.1) is 0 Å². The molecule has 2 heteroatoms. The maximum atomic E-state index is 11.9. The SMILES string of the molecule is C[C@]1(O)CC[C@H]2[C@@H]3CC[C@H]4CC(=O)CC[C@]4(C)C3=CC[C@]21C. The molecule has 122 valence electrons. The van der Waals surface area contributed by atoms with Crippen LogP contribution in [-0.4, -0.2) is 16.5 Å². The monoisotopic (exact) mass is 302 g/mol. The quantitative estimate of drug-likeness (QED) is 0.679. The molecule has 3 fully saturated rings. The standard InChI is InChI=1S/C20H30O2/c1-18-9-6-14(21)12-13(18)4-5-15-16(18)7-10-19(2)17(15)8-11-20(19,3)22/h7,13,15,17,22H,4-6,8-12H2,1-3H3/t13-,15+,17-,18-,19+,20-/m0/s1. The second kappa shape index (κ2) is 4.47. The summed E-state index contributed by atoms with van der Waals surface area (Å²) >= 11 is 0. The molecule has 0 aromatic heterocycles. The summed E-state index contributed by atoms with van der Waals surface area (Å²) in [6.45, 7) is 6.80. The van der Waals surface area contributed by atoms with Crippen LogP contribution >= 0.6 is 0 Å². The summed E-state index contributed by atoms with van der Waals surface area (Å²) in [5, 5.41) is 10.9. The molecule has 4 rings (SSSR count). The first-order valence-corrected chi connectivity index (χ1v) is 9.22. The summed E-state index contributed by atoms with van der Waals surface area (Å²) < 4.78 is 0. The third kappa shape index (κ3) is 1.74. The number of hydrogen-bond donors (Lipinski definition) is 1. The van der Waals surface area contributed by atoms with Crippen LogP contribution in [0.3, 0.4) is 0 Å². The van der Waals surface area contributed by atoms with Crippen LogP contribution in [0.2, 0.25) is 0 Å². The fourth-order valence-corrected chi connectivity index (χ4v) is 6.55. The van der Waals surface area contributed by atoms with Gasteiger partial charge in [0.25, 0.3) is 0 Å². The number of allylic oxidation sites excluding steroid dienone is 2. The number of carbonyl (C=O) groups is 1. The third-order valence-corrected chi connectivity index (χ3v) is 8.41. The molecule has 0 radical (unpaired) electrons. The van der Waals surface area contributed by atoms with Gasteiger partial charge in [0.2, 0.25) is 0 Å². The summed E-state index contributed by atoms with van der Waals surface area (Å²) in [4.78, 5) is 11.9. The van der Waals surface area contributed by atoms with Crippen LogP contribution in [0.4, 0.5) is 0 Å². The smallest absolute Gasteiger partial charge is 0.133 e. The highest BCUT2D eigenvalue weighted by molar-refractivity contribution is 5.80. The highest BCUT2D eigenvalue weighted by atomic mass is 16.3. The van der Waals surface area contributed by atoms with Crippen molar-refractivity contribution in [2.45, 2.75) is 77.7 Å². The van der Waals surface area contributed by atoms with Crippen LogP contribution in [0.25, 0.3) is 0 Å². The second-order valence-corrected chi connectivity index (χ2v) is 9.24. The Kier molecular flexibility index (Phi) is 3.03. The molecule has 1 N–H and O–H groups in total. The molecule has 0 aliphatic heterocycles. The maximum Gasteiger partial charge on any atom is 0.133 e. The van der Waals surface area contributed by atoms with E-state index >= 15 is 0 Å². The molecule has 4 aliphatic rings. The summed E-state index contributed by atoms with van der Waals surface area (Å²) in [5.74, 6) is 2.34. The van der Waals surface area contributed by atoms with Crippen molar-refractivity contribution in [2.24, 2.45) is 28.6 Å². The first kappa shape index (κ1) is 14.9. The number of Topliss-reactive ketones (excluding diaryl/α,β-unsaturated/α-hetero) is 1. The van der Waals surface area contributed by atoms with Gasteiger partial charge in [-0.05, 0) is 68.6 Å². The lowest BCUT2D eigenvalue weighted by Crippen LogP contribution is -2.51. The molecule has 0 amide bonds. The van der Waals surface area contributed by atoms with Crippen molar-refractivity contribution < 1.29 is 9.90 Å². The Morgan fingerprint density at radius 2 is 1.91 bits per heavy atom. The second-order valence-electron chi connectivity index (χ2n) is 9.24. The highest BCUT2D eigenvalue weighted by Crippen LogP contribution is 2.65. The van der Waals surface area contributed by atoms with E-state index in [9.17, 15) is 9.90 Å². The molecule has 0 spiro atoms. The predicted molar refractivity (Wildman–Crippen MR) is 87.3 cm³/mol. The van der Waals surface area contributed by atoms with E-state index in [-0.39, 0.29) is 10.8 Å². The Bertz CT molecular complexity index is 546. The van der Waals surface area contributed by atoms with E-state index in [1.54, 1.807) is 5.57 Å². The van der Waals surface area contributed by atoms with Crippen LogP contribution in [0.15, 0.2) is 11.6 Å². The summed E-state index contributed by atoms with van der Waals surface area (Å²) in [7, 11) is 0. The molecule has 0 aromatic rings. The van der Waals surface area contributed by atoms with Crippen LogP contribution in [0, 0.1) is 28.6 Å². The van der Waals surface area contributed by atoms with Gasteiger partial charge in [0, 0.05) is 18.3 Å². The Morgan fingerprint density at radius 3 is 2.68 bits per heavy atom. The van der Waals surface area contributed by atoms with Crippen LogP contribution < -0.4 is 0 Å². The molecule has 0 unspecified atom stereocenters. The fourth-order valence-electron chi connectivity index (χ4n) is 6.55. The molecule has 0 aromatic carbocycles. The number of rotatable bonds is 0. The van der Waals surface area contributed by atoms with Crippen molar-refractivity contribution in [1.29, 1.82) is 0 Å². The minimum absolute atomic E-state index is 0.0504. The number of carbonyl (C=O) groups excluding carboxylic acids is 1. The van der Waals surface area contributed by atoms with E-state index in [0.29, 0.717) is 23.5 Å². The number of aliphatic hydroxyl groups is 1. The van der Waals surface area contributed by atoms with Gasteiger partial charge in [-0.25, -0.2) is 0 Å². The molecular formula is C20H30O2. The lowest BCUT2D eigenvalue weighted by molar-refractivity contribution is -0.125. The number of fused-ring (bicyclic) bond motifs is 5. The van der Waals surface area contributed by atoms with Crippen LogP contribution in [-0.2, 0) is 4.79 Å². The summed E-state index contributed by atoms with van der Waals surface area (Å²) in [6.07, 6.45) is 10.7.